The van der Waals surface area contributed by atoms with Crippen molar-refractivity contribution in [1.82, 2.24) is 5.32 Å². The lowest BCUT2D eigenvalue weighted by molar-refractivity contribution is -0.148. The zero-order valence-electron chi connectivity index (χ0n) is 15.0. The molecule has 0 aliphatic carbocycles. The van der Waals surface area contributed by atoms with Crippen molar-refractivity contribution >= 4 is 21.7 Å². The summed E-state index contributed by atoms with van der Waals surface area (Å²) in [5.41, 5.74) is -1.27. The van der Waals surface area contributed by atoms with Crippen LogP contribution in [0.15, 0.2) is 30.3 Å². The van der Waals surface area contributed by atoms with Gasteiger partial charge in [-0.3, -0.25) is 4.79 Å². The summed E-state index contributed by atoms with van der Waals surface area (Å²) in [6.07, 6.45) is 0.773. The normalized spacial score (nSPS) is 19.3. The van der Waals surface area contributed by atoms with Crippen molar-refractivity contribution in [1.29, 1.82) is 0 Å². The average Bonchev–Trinajstić information content (AvgIpc) is 2.66. The van der Waals surface area contributed by atoms with E-state index in [-0.39, 0.29) is 6.42 Å². The van der Waals surface area contributed by atoms with Crippen LogP contribution in [0, 0.1) is 0 Å². The summed E-state index contributed by atoms with van der Waals surface area (Å²) in [5, 5.41) is 10.3. The Kier molecular flexibility index (Phi) is 6.41. The lowest BCUT2D eigenvalue weighted by atomic mass is 9.87. The molecule has 1 heterocycles. The quantitative estimate of drug-likeness (QED) is 0.738. The predicted molar refractivity (Wildman–Crippen MR) is 96.4 cm³/mol. The van der Waals surface area contributed by atoms with Gasteiger partial charge < -0.3 is 15.2 Å². The van der Waals surface area contributed by atoms with Crippen LogP contribution in [0.1, 0.15) is 38.7 Å². The van der Waals surface area contributed by atoms with Gasteiger partial charge in [-0.25, -0.2) is 13.2 Å². The van der Waals surface area contributed by atoms with Gasteiger partial charge in [-0.05, 0) is 31.7 Å². The van der Waals surface area contributed by atoms with Crippen LogP contribution in [0.2, 0.25) is 0 Å². The molecule has 1 aromatic carbocycles. The molecule has 7 nitrogen and oxygen atoms in total. The molecule has 2 rings (SSSR count). The molecule has 144 valence electrons. The summed E-state index contributed by atoms with van der Waals surface area (Å²) in [7, 11) is -3.73. The zero-order chi connectivity index (χ0) is 19.4. The van der Waals surface area contributed by atoms with Crippen LogP contribution in [0.25, 0.3) is 0 Å². The fourth-order valence-corrected chi connectivity index (χ4v) is 4.95. The molecule has 8 heteroatoms. The van der Waals surface area contributed by atoms with E-state index in [4.69, 9.17) is 4.74 Å². The van der Waals surface area contributed by atoms with Gasteiger partial charge in [0.1, 0.15) is 5.25 Å². The minimum atomic E-state index is -3.73. The number of hydrogen-bond acceptors (Lipinski definition) is 5. The molecule has 2 N–H and O–H groups in total. The Morgan fingerprint density at radius 3 is 2.35 bits per heavy atom. The molecule has 1 aliphatic rings. The van der Waals surface area contributed by atoms with Gasteiger partial charge in [0.15, 0.2) is 15.4 Å². The summed E-state index contributed by atoms with van der Waals surface area (Å²) >= 11 is 0. The first kappa shape index (κ1) is 20.4. The number of amides is 1. The van der Waals surface area contributed by atoms with Crippen LogP contribution in [-0.2, 0) is 29.7 Å². The largest absolute Gasteiger partial charge is 0.479 e. The molecule has 1 fully saturated rings. The maximum atomic E-state index is 12.7. The van der Waals surface area contributed by atoms with Crippen molar-refractivity contribution < 1.29 is 27.9 Å². The topological polar surface area (TPSA) is 110 Å². The smallest absolute Gasteiger partial charge is 0.334 e. The van der Waals surface area contributed by atoms with Crippen LogP contribution in [0.5, 0.6) is 0 Å². The molecule has 1 aromatic rings. The minimum absolute atomic E-state index is 0.0854. The van der Waals surface area contributed by atoms with Gasteiger partial charge in [-0.15, -0.1) is 0 Å². The zero-order valence-corrected chi connectivity index (χ0v) is 15.8. The number of sulfone groups is 1. The molecule has 0 saturated carbocycles. The van der Waals surface area contributed by atoms with Gasteiger partial charge in [0.2, 0.25) is 5.91 Å². The molecule has 1 amide bonds. The Morgan fingerprint density at radius 1 is 1.27 bits per heavy atom. The Hall–Kier alpha value is -1.93. The third-order valence-corrected chi connectivity index (χ3v) is 7.59. The molecular formula is C18H25NO6S. The van der Waals surface area contributed by atoms with E-state index in [1.165, 1.54) is 6.92 Å². The third kappa shape index (κ3) is 3.91. The first-order valence-electron chi connectivity index (χ1n) is 8.67. The van der Waals surface area contributed by atoms with Gasteiger partial charge in [-0.1, -0.05) is 37.3 Å². The van der Waals surface area contributed by atoms with Crippen LogP contribution in [0.4, 0.5) is 0 Å². The fourth-order valence-electron chi connectivity index (χ4n) is 3.17. The highest BCUT2D eigenvalue weighted by Gasteiger charge is 2.44. The molecule has 0 aromatic heterocycles. The first-order chi connectivity index (χ1) is 12.3. The number of carbonyl (C=O) groups is 2. The van der Waals surface area contributed by atoms with Crippen LogP contribution >= 0.6 is 0 Å². The highest BCUT2D eigenvalue weighted by atomic mass is 32.2. The summed E-state index contributed by atoms with van der Waals surface area (Å²) in [6, 6.07) is 8.31. The van der Waals surface area contributed by atoms with Crippen molar-refractivity contribution in [3.8, 4) is 0 Å². The first-order valence-corrected chi connectivity index (χ1v) is 10.3. The van der Waals surface area contributed by atoms with E-state index in [1.807, 2.05) is 0 Å². The average molecular weight is 383 g/mol. The Bertz CT molecular complexity index is 742. The predicted octanol–water partition coefficient (Wildman–Crippen LogP) is 1.48. The van der Waals surface area contributed by atoms with Crippen LogP contribution in [-0.4, -0.2) is 49.1 Å². The van der Waals surface area contributed by atoms with Crippen LogP contribution in [0.3, 0.4) is 0 Å². The molecule has 0 spiro atoms. The standard InChI is InChI=1S/C18H25NO6S/c1-3-18(17(21)22,14-7-5-4-6-8-14)19-16(20)13(2)26(23,24)15-9-11-25-12-10-15/h4-8,13,15H,3,9-12H2,1-2H3,(H,19,20)(H,21,22). The molecule has 26 heavy (non-hydrogen) atoms. The van der Waals surface area contributed by atoms with E-state index in [0.29, 0.717) is 31.6 Å². The molecule has 1 aliphatic heterocycles. The van der Waals surface area contributed by atoms with Gasteiger partial charge >= 0.3 is 5.97 Å². The number of aliphatic carboxylic acids is 1. The van der Waals surface area contributed by atoms with E-state index in [0.717, 1.165) is 0 Å². The van der Waals surface area contributed by atoms with E-state index >= 15 is 0 Å². The lowest BCUT2D eigenvalue weighted by Crippen LogP contribution is -2.55. The monoisotopic (exact) mass is 383 g/mol. The number of carbonyl (C=O) groups excluding carboxylic acids is 1. The van der Waals surface area contributed by atoms with Crippen molar-refractivity contribution in [2.75, 3.05) is 13.2 Å². The SMILES string of the molecule is CCC(NC(=O)C(C)S(=O)(=O)C1CCOCC1)(C(=O)O)c1ccccc1. The van der Waals surface area contributed by atoms with E-state index in [1.54, 1.807) is 37.3 Å². The number of carboxylic acid groups (broad SMARTS) is 1. The minimum Gasteiger partial charge on any atom is -0.479 e. The number of ether oxygens (including phenoxy) is 1. The van der Waals surface area contributed by atoms with Crippen molar-refractivity contribution in [2.24, 2.45) is 0 Å². The lowest BCUT2D eigenvalue weighted by Gasteiger charge is -2.32. The molecule has 0 bridgehead atoms. The molecule has 1 saturated heterocycles. The fraction of sp³-hybridized carbons (Fsp3) is 0.556. The summed E-state index contributed by atoms with van der Waals surface area (Å²) in [6.45, 7) is 3.64. The van der Waals surface area contributed by atoms with E-state index < -0.39 is 37.8 Å². The van der Waals surface area contributed by atoms with Crippen molar-refractivity contribution in [2.45, 2.75) is 49.1 Å². The summed E-state index contributed by atoms with van der Waals surface area (Å²) < 4.78 is 30.7. The number of rotatable bonds is 7. The summed E-state index contributed by atoms with van der Waals surface area (Å²) in [5.74, 6) is -2.03. The summed E-state index contributed by atoms with van der Waals surface area (Å²) in [4.78, 5) is 24.7. The molecule has 0 radical (unpaired) electrons. The highest BCUT2D eigenvalue weighted by Crippen LogP contribution is 2.27. The molecule has 2 atom stereocenters. The highest BCUT2D eigenvalue weighted by molar-refractivity contribution is 7.93. The number of nitrogens with one attached hydrogen (secondary N) is 1. The molecule has 2 unspecified atom stereocenters. The van der Waals surface area contributed by atoms with Crippen molar-refractivity contribution in [3.63, 3.8) is 0 Å². The number of hydrogen-bond donors (Lipinski definition) is 2. The Labute approximate surface area is 153 Å². The second kappa shape index (κ2) is 8.18. The van der Waals surface area contributed by atoms with Gasteiger partial charge in [-0.2, -0.15) is 0 Å². The van der Waals surface area contributed by atoms with Crippen LogP contribution < -0.4 is 5.32 Å². The van der Waals surface area contributed by atoms with Gasteiger partial charge in [0.25, 0.3) is 0 Å². The van der Waals surface area contributed by atoms with Gasteiger partial charge in [0, 0.05) is 13.2 Å². The third-order valence-electron chi connectivity index (χ3n) is 4.99. The Balaban J connectivity index is 2.28. The number of benzene rings is 1. The van der Waals surface area contributed by atoms with Crippen molar-refractivity contribution in [3.05, 3.63) is 35.9 Å². The van der Waals surface area contributed by atoms with E-state index in [2.05, 4.69) is 5.32 Å². The maximum Gasteiger partial charge on any atom is 0.334 e. The second-order valence-corrected chi connectivity index (χ2v) is 9.01. The molecular weight excluding hydrogens is 358 g/mol. The van der Waals surface area contributed by atoms with Gasteiger partial charge in [0.05, 0.1) is 5.25 Å². The number of carboxylic acids is 1. The second-order valence-electron chi connectivity index (χ2n) is 6.46. The Morgan fingerprint density at radius 2 is 1.85 bits per heavy atom. The maximum absolute atomic E-state index is 12.7. The van der Waals surface area contributed by atoms with E-state index in [9.17, 15) is 23.1 Å².